The number of hydrogen-bond donors (Lipinski definition) is 1. The summed E-state index contributed by atoms with van der Waals surface area (Å²) in [5.74, 6) is 1.68. The summed E-state index contributed by atoms with van der Waals surface area (Å²) in [6.07, 6.45) is 4.26. The van der Waals surface area contributed by atoms with Gasteiger partial charge in [0, 0.05) is 12.1 Å². The van der Waals surface area contributed by atoms with Gasteiger partial charge in [-0.05, 0) is 31.2 Å². The van der Waals surface area contributed by atoms with E-state index < -0.39 is 6.04 Å². The molecule has 1 aliphatic heterocycles. The molecule has 124 valence electrons. The molecule has 0 aliphatic carbocycles. The van der Waals surface area contributed by atoms with Gasteiger partial charge in [-0.15, -0.1) is 0 Å². The smallest absolute Gasteiger partial charge is 0.246 e. The average molecular weight is 318 g/mol. The van der Waals surface area contributed by atoms with Crippen LogP contribution in [0.2, 0.25) is 0 Å². The highest BCUT2D eigenvalue weighted by Gasteiger charge is 2.26. The predicted octanol–water partition coefficient (Wildman–Crippen LogP) is 2.29. The SMILES string of the molecule is CC(C)c1ccoc1-c1noc(CN2CCCCC(N)C2=O)n1. The third-order valence-corrected chi connectivity index (χ3v) is 4.14. The molecular weight excluding hydrogens is 296 g/mol. The molecule has 1 fully saturated rings. The minimum Gasteiger partial charge on any atom is -0.461 e. The molecule has 0 radical (unpaired) electrons. The van der Waals surface area contributed by atoms with Crippen molar-refractivity contribution in [3.63, 3.8) is 0 Å². The maximum absolute atomic E-state index is 12.2. The van der Waals surface area contributed by atoms with Gasteiger partial charge in [0.25, 0.3) is 0 Å². The Morgan fingerprint density at radius 1 is 1.43 bits per heavy atom. The first-order valence-electron chi connectivity index (χ1n) is 8.01. The van der Waals surface area contributed by atoms with Gasteiger partial charge < -0.3 is 19.6 Å². The van der Waals surface area contributed by atoms with Crippen LogP contribution in [0.15, 0.2) is 21.3 Å². The summed E-state index contributed by atoms with van der Waals surface area (Å²) < 4.78 is 10.8. The molecular formula is C16H22N4O3. The van der Waals surface area contributed by atoms with Crippen LogP contribution >= 0.6 is 0 Å². The molecule has 1 unspecified atom stereocenters. The molecule has 2 aromatic heterocycles. The molecule has 0 aromatic carbocycles. The zero-order valence-corrected chi connectivity index (χ0v) is 13.5. The van der Waals surface area contributed by atoms with E-state index in [1.54, 1.807) is 11.2 Å². The van der Waals surface area contributed by atoms with Crippen molar-refractivity contribution in [2.24, 2.45) is 5.73 Å². The first-order chi connectivity index (χ1) is 11.1. The van der Waals surface area contributed by atoms with Crippen LogP contribution in [0.3, 0.4) is 0 Å². The van der Waals surface area contributed by atoms with E-state index in [1.165, 1.54) is 0 Å². The first kappa shape index (κ1) is 15.7. The summed E-state index contributed by atoms with van der Waals surface area (Å²) in [5, 5.41) is 3.99. The van der Waals surface area contributed by atoms with Crippen molar-refractivity contribution in [1.29, 1.82) is 0 Å². The minimum absolute atomic E-state index is 0.0527. The van der Waals surface area contributed by atoms with E-state index >= 15 is 0 Å². The molecule has 7 nitrogen and oxygen atoms in total. The van der Waals surface area contributed by atoms with Gasteiger partial charge in [-0.25, -0.2) is 0 Å². The molecule has 23 heavy (non-hydrogen) atoms. The lowest BCUT2D eigenvalue weighted by atomic mass is 10.0. The van der Waals surface area contributed by atoms with E-state index in [0.717, 1.165) is 24.8 Å². The fourth-order valence-electron chi connectivity index (χ4n) is 2.82. The molecule has 1 amide bonds. The Morgan fingerprint density at radius 3 is 3.04 bits per heavy atom. The largest absolute Gasteiger partial charge is 0.461 e. The van der Waals surface area contributed by atoms with Crippen LogP contribution in [0.1, 0.15) is 50.5 Å². The lowest BCUT2D eigenvalue weighted by molar-refractivity contribution is -0.133. The Bertz CT molecular complexity index is 676. The van der Waals surface area contributed by atoms with Crippen LogP contribution in [-0.2, 0) is 11.3 Å². The summed E-state index contributed by atoms with van der Waals surface area (Å²) in [6, 6.07) is 1.48. The fraction of sp³-hybridized carbons (Fsp3) is 0.562. The molecule has 1 aliphatic rings. The Morgan fingerprint density at radius 2 is 2.26 bits per heavy atom. The quantitative estimate of drug-likeness (QED) is 0.928. The highest BCUT2D eigenvalue weighted by atomic mass is 16.5. The van der Waals surface area contributed by atoms with Crippen molar-refractivity contribution in [2.75, 3.05) is 6.54 Å². The van der Waals surface area contributed by atoms with Crippen LogP contribution in [0.4, 0.5) is 0 Å². The van der Waals surface area contributed by atoms with Crippen LogP contribution in [0, 0.1) is 0 Å². The van der Waals surface area contributed by atoms with Crippen LogP contribution in [0.25, 0.3) is 11.6 Å². The highest BCUT2D eigenvalue weighted by Crippen LogP contribution is 2.28. The van der Waals surface area contributed by atoms with Crippen molar-refractivity contribution in [2.45, 2.75) is 51.6 Å². The maximum Gasteiger partial charge on any atom is 0.246 e. The predicted molar refractivity (Wildman–Crippen MR) is 83.3 cm³/mol. The molecule has 1 saturated heterocycles. The number of carbonyl (C=O) groups excluding carboxylic acids is 1. The number of rotatable bonds is 4. The van der Waals surface area contributed by atoms with E-state index in [1.807, 2.05) is 6.07 Å². The third kappa shape index (κ3) is 3.29. The number of amides is 1. The summed E-state index contributed by atoms with van der Waals surface area (Å²) >= 11 is 0. The lowest BCUT2D eigenvalue weighted by Gasteiger charge is -2.20. The summed E-state index contributed by atoms with van der Waals surface area (Å²) in [6.45, 7) is 5.11. The van der Waals surface area contributed by atoms with Crippen LogP contribution < -0.4 is 5.73 Å². The number of carbonyl (C=O) groups is 1. The second-order valence-corrected chi connectivity index (χ2v) is 6.23. The molecule has 1 atom stereocenters. The first-order valence-corrected chi connectivity index (χ1v) is 8.01. The van der Waals surface area contributed by atoms with Gasteiger partial charge in [0.15, 0.2) is 5.76 Å². The molecule has 3 heterocycles. The standard InChI is InChI=1S/C16H22N4O3/c1-10(2)11-6-8-22-14(11)15-18-13(23-19-15)9-20-7-4-3-5-12(17)16(20)21/h6,8,10,12H,3-5,7,9,17H2,1-2H3. The summed E-state index contributed by atoms with van der Waals surface area (Å²) in [5.41, 5.74) is 6.92. The van der Waals surface area contributed by atoms with Crippen molar-refractivity contribution < 1.29 is 13.7 Å². The second kappa shape index (κ2) is 6.54. The van der Waals surface area contributed by atoms with Crippen molar-refractivity contribution in [1.82, 2.24) is 15.0 Å². The zero-order chi connectivity index (χ0) is 16.4. The van der Waals surface area contributed by atoms with Gasteiger partial charge in [0.05, 0.1) is 12.3 Å². The van der Waals surface area contributed by atoms with Gasteiger partial charge in [-0.1, -0.05) is 19.0 Å². The lowest BCUT2D eigenvalue weighted by Crippen LogP contribution is -2.41. The van der Waals surface area contributed by atoms with Gasteiger partial charge in [0.1, 0.15) is 6.54 Å². The van der Waals surface area contributed by atoms with Gasteiger partial charge in [-0.2, -0.15) is 4.98 Å². The van der Waals surface area contributed by atoms with E-state index in [-0.39, 0.29) is 12.5 Å². The van der Waals surface area contributed by atoms with Gasteiger partial charge in [0.2, 0.25) is 17.6 Å². The molecule has 7 heteroatoms. The van der Waals surface area contributed by atoms with Crippen LogP contribution in [0.5, 0.6) is 0 Å². The van der Waals surface area contributed by atoms with Crippen LogP contribution in [-0.4, -0.2) is 33.5 Å². The van der Waals surface area contributed by atoms with E-state index in [4.69, 9.17) is 14.7 Å². The maximum atomic E-state index is 12.2. The number of hydrogen-bond acceptors (Lipinski definition) is 6. The highest BCUT2D eigenvalue weighted by molar-refractivity contribution is 5.81. The van der Waals surface area contributed by atoms with E-state index in [9.17, 15) is 4.79 Å². The number of likely N-dealkylation sites (tertiary alicyclic amines) is 1. The molecule has 2 aromatic rings. The Balaban J connectivity index is 1.77. The Labute approximate surface area is 134 Å². The number of nitrogens with two attached hydrogens (primary N) is 1. The fourth-order valence-corrected chi connectivity index (χ4v) is 2.82. The van der Waals surface area contributed by atoms with E-state index in [2.05, 4.69) is 24.0 Å². The molecule has 3 rings (SSSR count). The topological polar surface area (TPSA) is 98.4 Å². The minimum atomic E-state index is -0.433. The zero-order valence-electron chi connectivity index (χ0n) is 13.5. The third-order valence-electron chi connectivity index (χ3n) is 4.14. The second-order valence-electron chi connectivity index (χ2n) is 6.23. The molecule has 0 saturated carbocycles. The Hall–Kier alpha value is -2.15. The summed E-state index contributed by atoms with van der Waals surface area (Å²) in [7, 11) is 0. The van der Waals surface area contributed by atoms with Crippen molar-refractivity contribution in [3.8, 4) is 11.6 Å². The monoisotopic (exact) mass is 318 g/mol. The van der Waals surface area contributed by atoms with Crippen molar-refractivity contribution in [3.05, 3.63) is 23.8 Å². The van der Waals surface area contributed by atoms with E-state index in [0.29, 0.717) is 29.9 Å². The Kier molecular flexibility index (Phi) is 4.47. The molecule has 0 bridgehead atoms. The summed E-state index contributed by atoms with van der Waals surface area (Å²) in [4.78, 5) is 18.3. The van der Waals surface area contributed by atoms with Crippen molar-refractivity contribution >= 4 is 5.91 Å². The number of nitrogens with zero attached hydrogens (tertiary/aromatic N) is 3. The molecule has 0 spiro atoms. The average Bonchev–Trinajstić information content (AvgIpc) is 3.14. The number of furan rings is 1. The molecule has 2 N–H and O–H groups in total. The van der Waals surface area contributed by atoms with Gasteiger partial charge in [-0.3, -0.25) is 4.79 Å². The van der Waals surface area contributed by atoms with Gasteiger partial charge >= 0.3 is 0 Å². The normalized spacial score (nSPS) is 19.4. The number of aromatic nitrogens is 2.